The van der Waals surface area contributed by atoms with Crippen LogP contribution in [-0.2, 0) is 4.79 Å². The smallest absolute Gasteiger partial charge is 0.317 e. The van der Waals surface area contributed by atoms with E-state index in [-0.39, 0.29) is 13.0 Å². The molecule has 0 aliphatic heterocycles. The molecule has 3 nitrogen and oxygen atoms in total. The maximum atomic E-state index is 12.9. The van der Waals surface area contributed by atoms with E-state index in [0.29, 0.717) is 4.90 Å². The molecule has 3 N–H and O–H groups in total. The summed E-state index contributed by atoms with van der Waals surface area (Å²) in [6.07, 6.45) is 0.277. The van der Waals surface area contributed by atoms with Gasteiger partial charge in [-0.15, -0.1) is 11.8 Å². The average molecular weight is 247 g/mol. The lowest BCUT2D eigenvalue weighted by molar-refractivity contribution is -0.136. The van der Waals surface area contributed by atoms with Crippen LogP contribution < -0.4 is 5.73 Å². The zero-order chi connectivity index (χ0) is 12.1. The Kier molecular flexibility index (Phi) is 4.70. The monoisotopic (exact) mass is 247 g/mol. The van der Waals surface area contributed by atoms with E-state index in [1.807, 2.05) is 0 Å². The van der Waals surface area contributed by atoms with Crippen molar-refractivity contribution in [3.05, 3.63) is 29.8 Å². The first kappa shape index (κ1) is 12.9. The zero-order valence-electron chi connectivity index (χ0n) is 8.32. The van der Waals surface area contributed by atoms with Crippen LogP contribution >= 0.6 is 11.8 Å². The molecule has 0 saturated heterocycles. The molecule has 1 atom stereocenters. The molecule has 0 fully saturated rings. The Hall–Kier alpha value is -1.14. The van der Waals surface area contributed by atoms with Crippen molar-refractivity contribution in [2.45, 2.75) is 16.6 Å². The number of carboxylic acids is 1. The van der Waals surface area contributed by atoms with Gasteiger partial charge in [-0.25, -0.2) is 8.78 Å². The maximum absolute atomic E-state index is 12.9. The lowest BCUT2D eigenvalue weighted by Crippen LogP contribution is -2.20. The Labute approximate surface area is 95.6 Å². The van der Waals surface area contributed by atoms with Crippen LogP contribution in [0.5, 0.6) is 0 Å². The molecule has 0 aliphatic rings. The predicted molar refractivity (Wildman–Crippen MR) is 57.3 cm³/mol. The molecule has 1 aromatic carbocycles. The van der Waals surface area contributed by atoms with Gasteiger partial charge in [-0.2, -0.15) is 0 Å². The molecule has 0 aromatic heterocycles. The molecule has 0 saturated carbocycles. The molecule has 6 heteroatoms. The first-order chi connectivity index (χ1) is 7.54. The molecular formula is C10H11F2NO2S. The van der Waals surface area contributed by atoms with E-state index >= 15 is 0 Å². The fourth-order valence-corrected chi connectivity index (χ4v) is 2.10. The van der Waals surface area contributed by atoms with Crippen molar-refractivity contribution in [3.8, 4) is 0 Å². The molecule has 0 bridgehead atoms. The summed E-state index contributed by atoms with van der Waals surface area (Å²) in [6.45, 7) is 0.230. The summed E-state index contributed by atoms with van der Waals surface area (Å²) in [7, 11) is 0. The third kappa shape index (κ3) is 3.46. The van der Waals surface area contributed by atoms with E-state index in [1.165, 1.54) is 6.07 Å². The quantitative estimate of drug-likeness (QED) is 0.779. The van der Waals surface area contributed by atoms with Crippen LogP contribution in [0.4, 0.5) is 8.78 Å². The van der Waals surface area contributed by atoms with Gasteiger partial charge in [0, 0.05) is 4.90 Å². The Morgan fingerprint density at radius 2 is 2.12 bits per heavy atom. The van der Waals surface area contributed by atoms with Crippen LogP contribution in [0, 0.1) is 11.6 Å². The highest BCUT2D eigenvalue weighted by molar-refractivity contribution is 8.00. The Morgan fingerprint density at radius 1 is 1.44 bits per heavy atom. The normalized spacial score (nSPS) is 12.4. The van der Waals surface area contributed by atoms with E-state index in [2.05, 4.69) is 0 Å². The molecule has 16 heavy (non-hydrogen) atoms. The summed E-state index contributed by atoms with van der Waals surface area (Å²) in [5.41, 5.74) is 5.26. The predicted octanol–water partition coefficient (Wildman–Crippen LogP) is 1.86. The number of halogens is 2. The fraction of sp³-hybridized carbons (Fsp3) is 0.300. The molecule has 1 aromatic rings. The minimum Gasteiger partial charge on any atom is -0.480 e. The molecule has 1 rings (SSSR count). The van der Waals surface area contributed by atoms with Crippen molar-refractivity contribution < 1.29 is 18.7 Å². The highest BCUT2D eigenvalue weighted by atomic mass is 32.2. The van der Waals surface area contributed by atoms with Crippen molar-refractivity contribution in [1.29, 1.82) is 0 Å². The molecule has 1 unspecified atom stereocenters. The molecule has 0 radical (unpaired) electrons. The van der Waals surface area contributed by atoms with Crippen LogP contribution in [0.2, 0.25) is 0 Å². The van der Waals surface area contributed by atoms with Crippen LogP contribution in [0.3, 0.4) is 0 Å². The third-order valence-electron chi connectivity index (χ3n) is 1.87. The Morgan fingerprint density at radius 3 is 2.62 bits per heavy atom. The number of aliphatic carboxylic acids is 1. The fourth-order valence-electron chi connectivity index (χ4n) is 1.10. The first-order valence-electron chi connectivity index (χ1n) is 4.59. The number of rotatable bonds is 5. The number of hydrogen-bond acceptors (Lipinski definition) is 3. The van der Waals surface area contributed by atoms with Crippen molar-refractivity contribution in [3.63, 3.8) is 0 Å². The second-order valence-corrected chi connectivity index (χ2v) is 4.37. The minimum absolute atomic E-state index is 0.230. The molecular weight excluding hydrogens is 236 g/mol. The molecule has 0 spiro atoms. The van der Waals surface area contributed by atoms with Gasteiger partial charge in [0.25, 0.3) is 0 Å². The summed E-state index contributed by atoms with van der Waals surface area (Å²) in [4.78, 5) is 11.2. The summed E-state index contributed by atoms with van der Waals surface area (Å²) in [6, 6.07) is 3.29. The van der Waals surface area contributed by atoms with Crippen LogP contribution in [-0.4, -0.2) is 22.9 Å². The summed E-state index contributed by atoms with van der Waals surface area (Å²) in [5.74, 6) is -2.95. The van der Waals surface area contributed by atoms with Crippen molar-refractivity contribution in [2.24, 2.45) is 5.73 Å². The second kappa shape index (κ2) is 5.81. The third-order valence-corrected chi connectivity index (χ3v) is 3.12. The van der Waals surface area contributed by atoms with E-state index in [1.54, 1.807) is 0 Å². The highest BCUT2D eigenvalue weighted by Crippen LogP contribution is 2.26. The van der Waals surface area contributed by atoms with Gasteiger partial charge in [0.05, 0.1) is 0 Å². The van der Waals surface area contributed by atoms with Gasteiger partial charge in [-0.1, -0.05) is 0 Å². The number of thioether (sulfide) groups is 1. The second-order valence-electron chi connectivity index (χ2n) is 3.10. The number of hydrogen-bond donors (Lipinski definition) is 2. The van der Waals surface area contributed by atoms with Crippen LogP contribution in [0.25, 0.3) is 0 Å². The Balaban J connectivity index is 2.77. The summed E-state index contributed by atoms with van der Waals surface area (Å²) in [5, 5.41) is 8.10. The van der Waals surface area contributed by atoms with Crippen LogP contribution in [0.15, 0.2) is 23.1 Å². The van der Waals surface area contributed by atoms with Crippen molar-refractivity contribution in [1.82, 2.24) is 0 Å². The number of benzene rings is 1. The average Bonchev–Trinajstić information content (AvgIpc) is 2.22. The number of carbonyl (C=O) groups is 1. The van der Waals surface area contributed by atoms with Crippen molar-refractivity contribution >= 4 is 17.7 Å². The molecule has 0 heterocycles. The van der Waals surface area contributed by atoms with Gasteiger partial charge >= 0.3 is 5.97 Å². The SMILES string of the molecule is NCCC(Sc1ccc(F)c(F)c1)C(=O)O. The van der Waals surface area contributed by atoms with E-state index < -0.39 is 22.9 Å². The highest BCUT2D eigenvalue weighted by Gasteiger charge is 2.18. The van der Waals surface area contributed by atoms with E-state index in [9.17, 15) is 13.6 Å². The molecule has 0 amide bonds. The van der Waals surface area contributed by atoms with E-state index in [4.69, 9.17) is 10.8 Å². The topological polar surface area (TPSA) is 63.3 Å². The summed E-state index contributed by atoms with van der Waals surface area (Å²) < 4.78 is 25.5. The largest absolute Gasteiger partial charge is 0.480 e. The maximum Gasteiger partial charge on any atom is 0.317 e. The first-order valence-corrected chi connectivity index (χ1v) is 5.47. The van der Waals surface area contributed by atoms with Gasteiger partial charge in [0.15, 0.2) is 11.6 Å². The standard InChI is InChI=1S/C10H11F2NO2S/c11-7-2-1-6(5-8(7)12)16-9(3-4-13)10(14)15/h1-2,5,9H,3-4,13H2,(H,14,15). The van der Waals surface area contributed by atoms with Gasteiger partial charge in [-0.05, 0) is 31.2 Å². The van der Waals surface area contributed by atoms with Crippen LogP contribution in [0.1, 0.15) is 6.42 Å². The molecule has 0 aliphatic carbocycles. The van der Waals surface area contributed by atoms with Crippen molar-refractivity contribution in [2.75, 3.05) is 6.54 Å². The van der Waals surface area contributed by atoms with E-state index in [0.717, 1.165) is 23.9 Å². The molecule has 88 valence electrons. The van der Waals surface area contributed by atoms with Gasteiger partial charge in [-0.3, -0.25) is 4.79 Å². The zero-order valence-corrected chi connectivity index (χ0v) is 9.14. The van der Waals surface area contributed by atoms with Gasteiger partial charge in [0.1, 0.15) is 5.25 Å². The summed E-state index contributed by atoms with van der Waals surface area (Å²) >= 11 is 0.958. The van der Waals surface area contributed by atoms with Gasteiger partial charge in [0.2, 0.25) is 0 Å². The minimum atomic E-state index is -1.01. The Bertz CT molecular complexity index is 387. The van der Waals surface area contributed by atoms with Gasteiger partial charge < -0.3 is 10.8 Å². The lowest BCUT2D eigenvalue weighted by Gasteiger charge is -2.10. The number of nitrogens with two attached hydrogens (primary N) is 1. The lowest BCUT2D eigenvalue weighted by atomic mass is 10.3. The number of carboxylic acid groups (broad SMARTS) is 1.